The van der Waals surface area contributed by atoms with Crippen LogP contribution in [0.1, 0.15) is 15.9 Å². The summed E-state index contributed by atoms with van der Waals surface area (Å²) in [6.07, 6.45) is 1.30. The highest BCUT2D eigenvalue weighted by molar-refractivity contribution is 8.04. The average Bonchev–Trinajstić information content (AvgIpc) is 2.72. The van der Waals surface area contributed by atoms with Gasteiger partial charge in [0.1, 0.15) is 0 Å². The number of methoxy groups -OCH3 is 2. The second-order valence-electron chi connectivity index (χ2n) is 6.32. The number of anilines is 1. The molecule has 0 atom stereocenters. The molecule has 0 radical (unpaired) electrons. The van der Waals surface area contributed by atoms with Crippen LogP contribution in [-0.2, 0) is 14.3 Å². The highest BCUT2D eigenvalue weighted by Gasteiger charge is 2.27. The quantitative estimate of drug-likeness (QED) is 0.555. The van der Waals surface area contributed by atoms with Gasteiger partial charge in [0.05, 0.1) is 17.1 Å². The van der Waals surface area contributed by atoms with E-state index in [1.165, 1.54) is 26.0 Å². The first-order valence-corrected chi connectivity index (χ1v) is 10.0. The van der Waals surface area contributed by atoms with Gasteiger partial charge in [-0.2, -0.15) is 0 Å². The fourth-order valence-corrected chi connectivity index (χ4v) is 4.12. The summed E-state index contributed by atoms with van der Waals surface area (Å²) in [7, 11) is 4.71. The Morgan fingerprint density at radius 3 is 2.69 bits per heavy atom. The summed E-state index contributed by atoms with van der Waals surface area (Å²) >= 11 is 7.41. The monoisotopic (exact) mass is 432 g/mol. The van der Waals surface area contributed by atoms with Crippen LogP contribution in [0.15, 0.2) is 52.3 Å². The van der Waals surface area contributed by atoms with E-state index in [1.54, 1.807) is 36.2 Å². The predicted molar refractivity (Wildman–Crippen MR) is 115 cm³/mol. The van der Waals surface area contributed by atoms with Crippen molar-refractivity contribution in [2.75, 3.05) is 32.7 Å². The maximum Gasteiger partial charge on any atom is 0.264 e. The van der Waals surface area contributed by atoms with Crippen molar-refractivity contribution in [1.82, 2.24) is 5.32 Å². The molecule has 1 aliphatic rings. The number of hydrogen-bond acceptors (Lipinski definition) is 5. The minimum Gasteiger partial charge on any atom is -0.354 e. The second-order valence-corrected chi connectivity index (χ2v) is 7.84. The van der Waals surface area contributed by atoms with Gasteiger partial charge < -0.3 is 19.7 Å². The fraction of sp³-hybridized carbons (Fsp3) is 0.238. The third-order valence-electron chi connectivity index (χ3n) is 4.42. The molecule has 6 nitrogen and oxygen atoms in total. The Bertz CT molecular complexity index is 959. The smallest absolute Gasteiger partial charge is 0.264 e. The van der Waals surface area contributed by atoms with E-state index >= 15 is 0 Å². The van der Waals surface area contributed by atoms with E-state index < -0.39 is 6.29 Å². The molecule has 152 valence electrons. The number of hydrogen-bond donors (Lipinski definition) is 1. The number of nitrogens with one attached hydrogen (secondary N) is 1. The summed E-state index contributed by atoms with van der Waals surface area (Å²) in [5.74, 6) is -0.406. The first-order valence-electron chi connectivity index (χ1n) is 8.84. The molecule has 0 bridgehead atoms. The Kier molecular flexibility index (Phi) is 6.97. The van der Waals surface area contributed by atoms with Gasteiger partial charge >= 0.3 is 0 Å². The number of thioether (sulfide) groups is 1. The number of nitrogens with zero attached hydrogens (tertiary/aromatic N) is 1. The number of likely N-dealkylation sites (N-methyl/N-ethyl adjacent to an activating group) is 1. The molecule has 8 heteroatoms. The van der Waals surface area contributed by atoms with Crippen LogP contribution in [-0.4, -0.2) is 45.9 Å². The number of halogens is 1. The van der Waals surface area contributed by atoms with Crippen LogP contribution >= 0.6 is 23.4 Å². The van der Waals surface area contributed by atoms with Crippen molar-refractivity contribution >= 4 is 46.9 Å². The second kappa shape index (κ2) is 9.45. The molecule has 0 aromatic heterocycles. The van der Waals surface area contributed by atoms with Crippen molar-refractivity contribution in [3.05, 3.63) is 63.5 Å². The minimum atomic E-state index is -0.518. The summed E-state index contributed by atoms with van der Waals surface area (Å²) in [5.41, 5.74) is 2.00. The van der Waals surface area contributed by atoms with Crippen LogP contribution in [0.4, 0.5) is 5.69 Å². The van der Waals surface area contributed by atoms with Gasteiger partial charge in [0.2, 0.25) is 0 Å². The summed E-state index contributed by atoms with van der Waals surface area (Å²) < 4.78 is 10.1. The van der Waals surface area contributed by atoms with Gasteiger partial charge in [-0.25, -0.2) is 0 Å². The van der Waals surface area contributed by atoms with E-state index in [0.29, 0.717) is 21.2 Å². The van der Waals surface area contributed by atoms with Gasteiger partial charge in [0, 0.05) is 36.7 Å². The maximum atomic E-state index is 12.8. The molecule has 0 fully saturated rings. The lowest BCUT2D eigenvalue weighted by atomic mass is 10.1. The molecule has 1 N–H and O–H groups in total. The first kappa shape index (κ1) is 21.4. The average molecular weight is 433 g/mol. The molecule has 1 aliphatic heterocycles. The largest absolute Gasteiger partial charge is 0.354 e. The summed E-state index contributed by atoms with van der Waals surface area (Å²) in [6.45, 7) is 0.221. The number of rotatable bonds is 6. The molecule has 0 saturated heterocycles. The zero-order valence-electron chi connectivity index (χ0n) is 16.3. The Balaban J connectivity index is 1.81. The van der Waals surface area contributed by atoms with Crippen molar-refractivity contribution in [1.29, 1.82) is 0 Å². The predicted octanol–water partition coefficient (Wildman–Crippen LogP) is 3.80. The zero-order valence-corrected chi connectivity index (χ0v) is 17.8. The number of carbonyl (C=O) groups excluding carboxylic acids is 2. The van der Waals surface area contributed by atoms with Gasteiger partial charge in [-0.05, 0) is 42.0 Å². The van der Waals surface area contributed by atoms with Gasteiger partial charge in [-0.3, -0.25) is 9.59 Å². The lowest BCUT2D eigenvalue weighted by Gasteiger charge is -2.27. The van der Waals surface area contributed by atoms with E-state index in [1.807, 2.05) is 24.3 Å². The summed E-state index contributed by atoms with van der Waals surface area (Å²) in [5, 5.41) is 3.37. The van der Waals surface area contributed by atoms with Gasteiger partial charge in [-0.1, -0.05) is 35.5 Å². The molecule has 0 unspecified atom stereocenters. The molecule has 0 aliphatic carbocycles. The van der Waals surface area contributed by atoms with E-state index in [4.69, 9.17) is 21.1 Å². The molecular formula is C21H21ClN2O4S. The van der Waals surface area contributed by atoms with E-state index in [2.05, 4.69) is 5.32 Å². The van der Waals surface area contributed by atoms with E-state index in [-0.39, 0.29) is 18.4 Å². The van der Waals surface area contributed by atoms with Gasteiger partial charge in [-0.15, -0.1) is 0 Å². The van der Waals surface area contributed by atoms with Crippen molar-refractivity contribution in [3.63, 3.8) is 0 Å². The van der Waals surface area contributed by atoms with Gasteiger partial charge in [0.25, 0.3) is 11.8 Å². The topological polar surface area (TPSA) is 67.9 Å². The maximum absolute atomic E-state index is 12.8. The van der Waals surface area contributed by atoms with Crippen molar-refractivity contribution in [2.45, 2.75) is 11.2 Å². The fourth-order valence-electron chi connectivity index (χ4n) is 2.82. The zero-order chi connectivity index (χ0) is 21.0. The molecule has 3 rings (SSSR count). The van der Waals surface area contributed by atoms with Crippen LogP contribution in [0.25, 0.3) is 6.08 Å². The first-order chi connectivity index (χ1) is 13.9. The van der Waals surface area contributed by atoms with Crippen molar-refractivity contribution in [3.8, 4) is 0 Å². The van der Waals surface area contributed by atoms with Crippen molar-refractivity contribution < 1.29 is 19.1 Å². The highest BCUT2D eigenvalue weighted by atomic mass is 35.5. The number of carbonyl (C=O) groups is 2. The van der Waals surface area contributed by atoms with E-state index in [0.717, 1.165) is 10.5 Å². The number of benzene rings is 2. The molecular weight excluding hydrogens is 412 g/mol. The number of fused-ring (bicyclic) bond motifs is 1. The normalized spacial score (nSPS) is 15.0. The minimum absolute atomic E-state index is 0.140. The molecule has 1 heterocycles. The molecule has 29 heavy (non-hydrogen) atoms. The third-order valence-corrected chi connectivity index (χ3v) is 5.73. The van der Waals surface area contributed by atoms with Crippen LogP contribution in [0, 0.1) is 0 Å². The third kappa shape index (κ3) is 5.00. The molecule has 2 amide bonds. The van der Waals surface area contributed by atoms with E-state index in [9.17, 15) is 9.59 Å². The van der Waals surface area contributed by atoms with Crippen LogP contribution < -0.4 is 10.2 Å². The Hall–Kier alpha value is -2.32. The molecule has 0 spiro atoms. The van der Waals surface area contributed by atoms with Crippen LogP contribution in [0.2, 0.25) is 5.02 Å². The molecule has 2 aromatic rings. The summed E-state index contributed by atoms with van der Waals surface area (Å²) in [4.78, 5) is 28.3. The molecule has 2 aromatic carbocycles. The summed E-state index contributed by atoms with van der Waals surface area (Å²) in [6, 6.07) is 12.6. The lowest BCUT2D eigenvalue weighted by Crippen LogP contribution is -2.34. The van der Waals surface area contributed by atoms with Crippen LogP contribution in [0.5, 0.6) is 0 Å². The standard InChI is InChI=1S/C21H21ClN2O4S/c1-24-16-11-14(20(25)23-12-19(27-2)28-3)7-8-17(16)29-18(21(24)26)10-13-5-4-6-15(22)9-13/h4-11,19H,12H2,1-3H3,(H,23,25)/b18-10-. The van der Waals surface area contributed by atoms with Gasteiger partial charge in [0.15, 0.2) is 6.29 Å². The Labute approximate surface area is 178 Å². The highest BCUT2D eigenvalue weighted by Crippen LogP contribution is 2.42. The lowest BCUT2D eigenvalue weighted by molar-refractivity contribution is -0.114. The Morgan fingerprint density at radius 2 is 2.00 bits per heavy atom. The SMILES string of the molecule is COC(CNC(=O)c1ccc2c(c1)N(C)C(=O)/C(=C/c1cccc(Cl)c1)S2)OC. The number of ether oxygens (including phenoxy) is 2. The Morgan fingerprint density at radius 1 is 1.24 bits per heavy atom. The molecule has 0 saturated carbocycles. The van der Waals surface area contributed by atoms with Crippen molar-refractivity contribution in [2.24, 2.45) is 0 Å². The van der Waals surface area contributed by atoms with Crippen LogP contribution in [0.3, 0.4) is 0 Å². The number of amides is 2.